The van der Waals surface area contributed by atoms with Gasteiger partial charge in [-0.25, -0.2) is 4.79 Å². The van der Waals surface area contributed by atoms with Gasteiger partial charge in [0.2, 0.25) is 0 Å². The van der Waals surface area contributed by atoms with Crippen LogP contribution in [0.25, 0.3) is 0 Å². The van der Waals surface area contributed by atoms with Crippen molar-refractivity contribution in [3.8, 4) is 0 Å². The first-order valence-corrected chi connectivity index (χ1v) is 5.44. The van der Waals surface area contributed by atoms with Crippen LogP contribution in [-0.2, 0) is 0 Å². The molecule has 1 unspecified atom stereocenters. The first-order valence-electron chi connectivity index (χ1n) is 5.44. The first-order chi connectivity index (χ1) is 8.10. The van der Waals surface area contributed by atoms with Crippen molar-refractivity contribution in [1.29, 1.82) is 0 Å². The zero-order valence-electron chi connectivity index (χ0n) is 9.16. The highest BCUT2D eigenvalue weighted by molar-refractivity contribution is 5.92. The van der Waals surface area contributed by atoms with E-state index in [-0.39, 0.29) is 11.7 Å². The molecular weight excluding hydrogens is 224 g/mol. The molecule has 2 rings (SSSR count). The van der Waals surface area contributed by atoms with E-state index in [1.165, 1.54) is 0 Å². The van der Waals surface area contributed by atoms with Crippen LogP contribution in [0.4, 0.5) is 0 Å². The van der Waals surface area contributed by atoms with Gasteiger partial charge in [0.05, 0.1) is 0 Å². The first kappa shape index (κ1) is 11.6. The van der Waals surface area contributed by atoms with Crippen molar-refractivity contribution in [2.75, 3.05) is 6.54 Å². The standard InChI is InChI=1S/C10H14N4O3/c11-4-7(5-1-2-5)12-9(16)6-3-8(15)14-10(17)13-6/h3,5,7H,1-2,4,11H2,(H,12,16)(H2,13,14,15,17). The normalized spacial score (nSPS) is 16.5. The van der Waals surface area contributed by atoms with Crippen LogP contribution in [0, 0.1) is 5.92 Å². The number of aromatic amines is 2. The molecule has 0 aliphatic heterocycles. The molecule has 5 N–H and O–H groups in total. The average molecular weight is 238 g/mol. The van der Waals surface area contributed by atoms with Crippen molar-refractivity contribution in [2.24, 2.45) is 11.7 Å². The summed E-state index contributed by atoms with van der Waals surface area (Å²) in [4.78, 5) is 38.1. The van der Waals surface area contributed by atoms with Crippen LogP contribution < -0.4 is 22.3 Å². The molecule has 0 bridgehead atoms. The lowest BCUT2D eigenvalue weighted by Gasteiger charge is -2.15. The third-order valence-corrected chi connectivity index (χ3v) is 2.77. The second-order valence-corrected chi connectivity index (χ2v) is 4.15. The van der Waals surface area contributed by atoms with E-state index in [1.54, 1.807) is 0 Å². The molecule has 1 saturated carbocycles. The number of nitrogens with one attached hydrogen (secondary N) is 3. The quantitative estimate of drug-likeness (QED) is 0.511. The lowest BCUT2D eigenvalue weighted by molar-refractivity contribution is 0.0927. The monoisotopic (exact) mass is 238 g/mol. The highest BCUT2D eigenvalue weighted by Crippen LogP contribution is 2.32. The van der Waals surface area contributed by atoms with E-state index in [0.717, 1.165) is 18.9 Å². The summed E-state index contributed by atoms with van der Waals surface area (Å²) in [5, 5.41) is 2.71. The maximum absolute atomic E-state index is 11.8. The van der Waals surface area contributed by atoms with Crippen molar-refractivity contribution in [1.82, 2.24) is 15.3 Å². The molecule has 1 amide bonds. The van der Waals surface area contributed by atoms with Crippen LogP contribution in [0.3, 0.4) is 0 Å². The van der Waals surface area contributed by atoms with Gasteiger partial charge in [-0.05, 0) is 18.8 Å². The number of hydrogen-bond acceptors (Lipinski definition) is 4. The van der Waals surface area contributed by atoms with Crippen molar-refractivity contribution in [3.05, 3.63) is 32.6 Å². The van der Waals surface area contributed by atoms with E-state index >= 15 is 0 Å². The minimum atomic E-state index is -0.696. The molecule has 92 valence electrons. The van der Waals surface area contributed by atoms with E-state index in [1.807, 2.05) is 4.98 Å². The van der Waals surface area contributed by atoms with Gasteiger partial charge in [-0.2, -0.15) is 0 Å². The molecule has 1 fully saturated rings. The minimum absolute atomic E-state index is 0.0437. The SMILES string of the molecule is NCC(NC(=O)c1cc(=O)[nH]c(=O)[nH]1)C1CC1. The van der Waals surface area contributed by atoms with Crippen LogP contribution in [0.15, 0.2) is 15.7 Å². The lowest BCUT2D eigenvalue weighted by Crippen LogP contribution is -2.43. The molecule has 0 radical (unpaired) electrons. The Morgan fingerprint density at radius 1 is 1.47 bits per heavy atom. The Bertz CT molecular complexity index is 501. The molecule has 1 aromatic heterocycles. The van der Waals surface area contributed by atoms with E-state index in [2.05, 4.69) is 10.3 Å². The molecular formula is C10H14N4O3. The Kier molecular flexibility index (Phi) is 3.10. The maximum atomic E-state index is 11.8. The molecule has 1 aliphatic carbocycles. The number of aromatic nitrogens is 2. The van der Waals surface area contributed by atoms with Crippen molar-refractivity contribution >= 4 is 5.91 Å². The summed E-state index contributed by atoms with van der Waals surface area (Å²) >= 11 is 0. The Morgan fingerprint density at radius 2 is 2.18 bits per heavy atom. The zero-order chi connectivity index (χ0) is 12.4. The van der Waals surface area contributed by atoms with Crippen LogP contribution in [0.5, 0.6) is 0 Å². The fourth-order valence-electron chi connectivity index (χ4n) is 1.70. The molecule has 1 heterocycles. The summed E-state index contributed by atoms with van der Waals surface area (Å²) in [7, 11) is 0. The second-order valence-electron chi connectivity index (χ2n) is 4.15. The smallest absolute Gasteiger partial charge is 0.326 e. The van der Waals surface area contributed by atoms with Gasteiger partial charge in [0.15, 0.2) is 0 Å². The predicted molar refractivity (Wildman–Crippen MR) is 60.7 cm³/mol. The Morgan fingerprint density at radius 3 is 2.71 bits per heavy atom. The molecule has 0 saturated heterocycles. The van der Waals surface area contributed by atoms with Crippen LogP contribution in [-0.4, -0.2) is 28.5 Å². The van der Waals surface area contributed by atoms with Crippen molar-refractivity contribution < 1.29 is 4.79 Å². The molecule has 17 heavy (non-hydrogen) atoms. The number of carbonyl (C=O) groups is 1. The summed E-state index contributed by atoms with van der Waals surface area (Å²) < 4.78 is 0. The van der Waals surface area contributed by atoms with Gasteiger partial charge in [-0.3, -0.25) is 14.6 Å². The number of hydrogen-bond donors (Lipinski definition) is 4. The van der Waals surface area contributed by atoms with E-state index in [4.69, 9.17) is 5.73 Å². The summed E-state index contributed by atoms with van der Waals surface area (Å²) in [6.07, 6.45) is 2.10. The van der Waals surface area contributed by atoms with Crippen LogP contribution in [0.2, 0.25) is 0 Å². The number of rotatable bonds is 4. The molecule has 0 spiro atoms. The van der Waals surface area contributed by atoms with Gasteiger partial charge < -0.3 is 16.0 Å². The molecule has 0 aromatic carbocycles. The van der Waals surface area contributed by atoms with Crippen molar-refractivity contribution in [3.63, 3.8) is 0 Å². The highest BCUT2D eigenvalue weighted by Gasteiger charge is 2.31. The van der Waals surface area contributed by atoms with Gasteiger partial charge in [0.1, 0.15) is 5.69 Å². The largest absolute Gasteiger partial charge is 0.346 e. The summed E-state index contributed by atoms with van der Waals surface area (Å²) in [6, 6.07) is 0.960. The fourth-order valence-corrected chi connectivity index (χ4v) is 1.70. The topological polar surface area (TPSA) is 121 Å². The lowest BCUT2D eigenvalue weighted by atomic mass is 10.2. The molecule has 1 aromatic rings. The molecule has 1 atom stereocenters. The third kappa shape index (κ3) is 2.82. The van der Waals surface area contributed by atoms with Gasteiger partial charge >= 0.3 is 5.69 Å². The molecule has 7 heteroatoms. The number of carbonyl (C=O) groups excluding carboxylic acids is 1. The number of H-pyrrole nitrogens is 2. The summed E-state index contributed by atoms with van der Waals surface area (Å²) in [6.45, 7) is 0.351. The summed E-state index contributed by atoms with van der Waals surface area (Å²) in [5.41, 5.74) is 4.20. The number of amides is 1. The highest BCUT2D eigenvalue weighted by atomic mass is 16.2. The Balaban J connectivity index is 2.13. The summed E-state index contributed by atoms with van der Waals surface area (Å²) in [5.74, 6) is -0.0618. The van der Waals surface area contributed by atoms with E-state index in [0.29, 0.717) is 12.5 Å². The van der Waals surface area contributed by atoms with Crippen LogP contribution >= 0.6 is 0 Å². The zero-order valence-corrected chi connectivity index (χ0v) is 9.16. The maximum Gasteiger partial charge on any atom is 0.326 e. The Hall–Kier alpha value is -1.89. The fraction of sp³-hybridized carbons (Fsp3) is 0.500. The minimum Gasteiger partial charge on any atom is -0.346 e. The van der Waals surface area contributed by atoms with E-state index in [9.17, 15) is 14.4 Å². The second kappa shape index (κ2) is 4.54. The Labute approximate surface area is 96.4 Å². The number of nitrogens with two attached hydrogens (primary N) is 1. The third-order valence-electron chi connectivity index (χ3n) is 2.77. The van der Waals surface area contributed by atoms with E-state index < -0.39 is 17.2 Å². The van der Waals surface area contributed by atoms with Gasteiger partial charge in [0.25, 0.3) is 11.5 Å². The average Bonchev–Trinajstić information content (AvgIpc) is 3.08. The predicted octanol–water partition coefficient (Wildman–Crippen LogP) is -1.47. The molecule has 1 aliphatic rings. The molecule has 7 nitrogen and oxygen atoms in total. The van der Waals surface area contributed by atoms with Crippen molar-refractivity contribution in [2.45, 2.75) is 18.9 Å². The van der Waals surface area contributed by atoms with Gasteiger partial charge in [-0.1, -0.05) is 0 Å². The van der Waals surface area contributed by atoms with Crippen LogP contribution in [0.1, 0.15) is 23.3 Å². The van der Waals surface area contributed by atoms with Gasteiger partial charge in [0, 0.05) is 18.7 Å². The van der Waals surface area contributed by atoms with Gasteiger partial charge in [-0.15, -0.1) is 0 Å².